The maximum atomic E-state index is 13.5. The van der Waals surface area contributed by atoms with E-state index in [1.54, 1.807) is 0 Å². The Morgan fingerprint density at radius 2 is 1.69 bits per heavy atom. The minimum Gasteiger partial charge on any atom is -0.341 e. The van der Waals surface area contributed by atoms with E-state index in [4.69, 9.17) is 0 Å². The molecule has 5 nitrogen and oxygen atoms in total. The Bertz CT molecular complexity index is 870. The number of benzene rings is 2. The molecule has 0 saturated carbocycles. The van der Waals surface area contributed by atoms with E-state index in [0.717, 1.165) is 25.1 Å². The van der Waals surface area contributed by atoms with Crippen molar-refractivity contribution in [2.75, 3.05) is 40.3 Å². The third kappa shape index (κ3) is 3.92. The first-order valence-electron chi connectivity index (χ1n) is 10.3. The van der Waals surface area contributed by atoms with Crippen LogP contribution in [-0.4, -0.2) is 66.8 Å². The molecule has 2 saturated heterocycles. The van der Waals surface area contributed by atoms with Gasteiger partial charge in [-0.25, -0.2) is 0 Å². The van der Waals surface area contributed by atoms with Gasteiger partial charge in [-0.05, 0) is 37.7 Å². The zero-order chi connectivity index (χ0) is 20.4. The summed E-state index contributed by atoms with van der Waals surface area (Å²) in [7, 11) is 3.98. The molecule has 2 aromatic rings. The van der Waals surface area contributed by atoms with Crippen LogP contribution in [-0.2, 0) is 11.3 Å². The number of likely N-dealkylation sites (tertiary alicyclic amines) is 2. The molecule has 0 N–H and O–H groups in total. The van der Waals surface area contributed by atoms with Crippen LogP contribution in [0.3, 0.4) is 0 Å². The van der Waals surface area contributed by atoms with Gasteiger partial charge in [-0.3, -0.25) is 9.59 Å². The van der Waals surface area contributed by atoms with Gasteiger partial charge in [-0.1, -0.05) is 48.5 Å². The Hall–Kier alpha value is -2.66. The Morgan fingerprint density at radius 1 is 1.03 bits per heavy atom. The molecular formula is C24H29N3O2. The number of carbonyl (C=O) groups is 2. The smallest absolute Gasteiger partial charge is 0.253 e. The average molecular weight is 392 g/mol. The second-order valence-electron chi connectivity index (χ2n) is 8.63. The highest BCUT2D eigenvalue weighted by molar-refractivity contribution is 5.95. The van der Waals surface area contributed by atoms with Gasteiger partial charge in [0.2, 0.25) is 5.91 Å². The van der Waals surface area contributed by atoms with Crippen molar-refractivity contribution in [1.29, 1.82) is 0 Å². The molecule has 152 valence electrons. The molecule has 29 heavy (non-hydrogen) atoms. The summed E-state index contributed by atoms with van der Waals surface area (Å²) in [5.41, 5.74) is 1.66. The number of rotatable bonds is 4. The summed E-state index contributed by atoms with van der Waals surface area (Å²) in [6.07, 6.45) is 0.956. The van der Waals surface area contributed by atoms with E-state index in [1.165, 1.54) is 0 Å². The highest BCUT2D eigenvalue weighted by Crippen LogP contribution is 2.44. The van der Waals surface area contributed by atoms with Crippen LogP contribution < -0.4 is 0 Å². The fourth-order valence-corrected chi connectivity index (χ4v) is 4.95. The highest BCUT2D eigenvalue weighted by atomic mass is 16.2. The van der Waals surface area contributed by atoms with Gasteiger partial charge in [-0.2, -0.15) is 0 Å². The second kappa shape index (κ2) is 7.99. The van der Waals surface area contributed by atoms with Crippen molar-refractivity contribution >= 4 is 11.8 Å². The van der Waals surface area contributed by atoms with Crippen molar-refractivity contribution < 1.29 is 9.59 Å². The monoisotopic (exact) mass is 391 g/mol. The van der Waals surface area contributed by atoms with Gasteiger partial charge in [0.05, 0.1) is 5.92 Å². The van der Waals surface area contributed by atoms with Crippen LogP contribution in [0.15, 0.2) is 60.7 Å². The van der Waals surface area contributed by atoms with E-state index in [9.17, 15) is 9.59 Å². The highest BCUT2D eigenvalue weighted by Gasteiger charge is 2.54. The molecule has 5 heteroatoms. The molecule has 0 unspecified atom stereocenters. The third-order valence-corrected chi connectivity index (χ3v) is 6.47. The Balaban J connectivity index is 1.55. The summed E-state index contributed by atoms with van der Waals surface area (Å²) < 4.78 is 0. The van der Waals surface area contributed by atoms with Crippen LogP contribution >= 0.6 is 0 Å². The molecule has 2 amide bonds. The lowest BCUT2D eigenvalue weighted by molar-refractivity contribution is -0.137. The molecule has 2 atom stereocenters. The van der Waals surface area contributed by atoms with Gasteiger partial charge >= 0.3 is 0 Å². The Morgan fingerprint density at radius 3 is 2.31 bits per heavy atom. The largest absolute Gasteiger partial charge is 0.341 e. The van der Waals surface area contributed by atoms with Crippen LogP contribution in [0.25, 0.3) is 0 Å². The van der Waals surface area contributed by atoms with Crippen molar-refractivity contribution in [2.24, 2.45) is 11.3 Å². The Labute approximate surface area is 172 Å². The van der Waals surface area contributed by atoms with Crippen molar-refractivity contribution in [3.8, 4) is 0 Å². The first-order valence-corrected chi connectivity index (χ1v) is 10.3. The van der Waals surface area contributed by atoms with Gasteiger partial charge in [0, 0.05) is 44.2 Å². The average Bonchev–Trinajstić information content (AvgIpc) is 3.31. The van der Waals surface area contributed by atoms with Gasteiger partial charge in [0.1, 0.15) is 0 Å². The standard InChI is InChI=1S/C24H29N3O2/c1-25-14-13-24(17-25)18-27(22(28)20-11-7-4-8-12-20)16-21(24)23(29)26(2)15-19-9-5-3-6-10-19/h3-12,21H,13-18H2,1-2H3/t21-,24+/m0/s1. The van der Waals surface area contributed by atoms with E-state index in [2.05, 4.69) is 11.9 Å². The van der Waals surface area contributed by atoms with Gasteiger partial charge in [0.15, 0.2) is 0 Å². The maximum absolute atomic E-state index is 13.5. The zero-order valence-electron chi connectivity index (χ0n) is 17.3. The van der Waals surface area contributed by atoms with Gasteiger partial charge in [-0.15, -0.1) is 0 Å². The molecule has 0 aliphatic carbocycles. The van der Waals surface area contributed by atoms with Crippen LogP contribution in [0.1, 0.15) is 22.3 Å². The predicted octanol–water partition coefficient (Wildman–Crippen LogP) is 2.74. The fourth-order valence-electron chi connectivity index (χ4n) is 4.95. The maximum Gasteiger partial charge on any atom is 0.253 e. The van der Waals surface area contributed by atoms with E-state index in [1.807, 2.05) is 77.5 Å². The van der Waals surface area contributed by atoms with Crippen molar-refractivity contribution in [1.82, 2.24) is 14.7 Å². The number of hydrogen-bond donors (Lipinski definition) is 0. The van der Waals surface area contributed by atoms with E-state index in [0.29, 0.717) is 25.2 Å². The molecule has 0 radical (unpaired) electrons. The summed E-state index contributed by atoms with van der Waals surface area (Å²) in [4.78, 5) is 32.6. The minimum absolute atomic E-state index is 0.0283. The van der Waals surface area contributed by atoms with Crippen LogP contribution in [0, 0.1) is 11.3 Å². The van der Waals surface area contributed by atoms with Crippen molar-refractivity contribution in [3.63, 3.8) is 0 Å². The Kier molecular flexibility index (Phi) is 5.41. The second-order valence-corrected chi connectivity index (χ2v) is 8.63. The molecule has 2 aliphatic heterocycles. The SMILES string of the molecule is CN1CC[C@@]2(C1)CN(C(=O)c1ccccc1)C[C@H]2C(=O)N(C)Cc1ccccc1. The lowest BCUT2D eigenvalue weighted by Crippen LogP contribution is -2.43. The number of nitrogens with zero attached hydrogens (tertiary/aromatic N) is 3. The van der Waals surface area contributed by atoms with Crippen LogP contribution in [0.4, 0.5) is 0 Å². The van der Waals surface area contributed by atoms with E-state index >= 15 is 0 Å². The topological polar surface area (TPSA) is 43.9 Å². The molecule has 4 rings (SSSR count). The summed E-state index contributed by atoms with van der Waals surface area (Å²) in [5.74, 6) is 0.0156. The number of amides is 2. The number of hydrogen-bond acceptors (Lipinski definition) is 3. The molecule has 2 fully saturated rings. The molecule has 0 aromatic heterocycles. The lowest BCUT2D eigenvalue weighted by Gasteiger charge is -2.31. The summed E-state index contributed by atoms with van der Waals surface area (Å²) in [6.45, 7) is 3.58. The normalized spacial score (nSPS) is 24.2. The first kappa shape index (κ1) is 19.6. The van der Waals surface area contributed by atoms with Crippen molar-refractivity contribution in [2.45, 2.75) is 13.0 Å². The minimum atomic E-state index is -0.158. The molecule has 2 heterocycles. The van der Waals surface area contributed by atoms with Crippen LogP contribution in [0.2, 0.25) is 0 Å². The summed E-state index contributed by atoms with van der Waals surface area (Å²) in [6, 6.07) is 19.5. The van der Waals surface area contributed by atoms with E-state index in [-0.39, 0.29) is 23.1 Å². The van der Waals surface area contributed by atoms with Gasteiger partial charge < -0.3 is 14.7 Å². The fraction of sp³-hybridized carbons (Fsp3) is 0.417. The molecule has 1 spiro atoms. The van der Waals surface area contributed by atoms with Crippen LogP contribution in [0.5, 0.6) is 0 Å². The van der Waals surface area contributed by atoms with Gasteiger partial charge in [0.25, 0.3) is 5.91 Å². The lowest BCUT2D eigenvalue weighted by atomic mass is 9.76. The van der Waals surface area contributed by atoms with E-state index < -0.39 is 0 Å². The zero-order valence-corrected chi connectivity index (χ0v) is 17.3. The summed E-state index contributed by atoms with van der Waals surface area (Å²) >= 11 is 0. The molecule has 0 bridgehead atoms. The number of carbonyl (C=O) groups excluding carboxylic acids is 2. The first-order chi connectivity index (χ1) is 14.0. The summed E-state index contributed by atoms with van der Waals surface area (Å²) in [5, 5.41) is 0. The van der Waals surface area contributed by atoms with Crippen molar-refractivity contribution in [3.05, 3.63) is 71.8 Å². The predicted molar refractivity (Wildman–Crippen MR) is 113 cm³/mol. The molecular weight excluding hydrogens is 362 g/mol. The molecule has 2 aliphatic rings. The quantitative estimate of drug-likeness (QED) is 0.805. The molecule has 2 aromatic carbocycles. The third-order valence-electron chi connectivity index (χ3n) is 6.47.